The summed E-state index contributed by atoms with van der Waals surface area (Å²) >= 11 is 0. The molecular formula is C25H26N4O2. The lowest BCUT2D eigenvalue weighted by Gasteiger charge is -2.23. The smallest absolute Gasteiger partial charge is 0.271 e. The molecule has 2 amide bonds. The standard InChI is InChI=1S/C25H26N4O2/c1-2-14-28-15-16-29(25(31)23-12-13-26-27-23)18-22(24(28)30)17-19-8-10-21(11-9-19)20-6-4-3-5-7-20/h2-13,22H,1,14-18H2,(H,26,27). The second-order valence-corrected chi connectivity index (χ2v) is 7.76. The molecule has 2 aromatic carbocycles. The number of hydrogen-bond acceptors (Lipinski definition) is 3. The zero-order chi connectivity index (χ0) is 21.6. The molecule has 0 saturated carbocycles. The summed E-state index contributed by atoms with van der Waals surface area (Å²) in [6, 6.07) is 20.2. The zero-order valence-corrected chi connectivity index (χ0v) is 17.4. The predicted molar refractivity (Wildman–Crippen MR) is 120 cm³/mol. The van der Waals surface area contributed by atoms with E-state index in [-0.39, 0.29) is 17.7 Å². The van der Waals surface area contributed by atoms with Crippen LogP contribution in [0.2, 0.25) is 0 Å². The van der Waals surface area contributed by atoms with Crippen molar-refractivity contribution in [1.29, 1.82) is 0 Å². The molecule has 1 unspecified atom stereocenters. The zero-order valence-electron chi connectivity index (χ0n) is 17.4. The summed E-state index contributed by atoms with van der Waals surface area (Å²) in [6.45, 7) is 5.62. The van der Waals surface area contributed by atoms with Gasteiger partial charge in [-0.2, -0.15) is 5.10 Å². The van der Waals surface area contributed by atoms with Gasteiger partial charge in [0, 0.05) is 32.4 Å². The van der Waals surface area contributed by atoms with Crippen molar-refractivity contribution < 1.29 is 9.59 Å². The molecule has 0 bridgehead atoms. The fourth-order valence-corrected chi connectivity index (χ4v) is 4.01. The first-order chi connectivity index (χ1) is 15.2. The number of H-pyrrole nitrogens is 1. The maximum atomic E-state index is 13.2. The summed E-state index contributed by atoms with van der Waals surface area (Å²) in [4.78, 5) is 29.6. The monoisotopic (exact) mass is 414 g/mol. The minimum atomic E-state index is -0.308. The Morgan fingerprint density at radius 2 is 1.81 bits per heavy atom. The highest BCUT2D eigenvalue weighted by molar-refractivity contribution is 5.93. The Morgan fingerprint density at radius 3 is 2.48 bits per heavy atom. The van der Waals surface area contributed by atoms with Crippen molar-refractivity contribution in [3.63, 3.8) is 0 Å². The van der Waals surface area contributed by atoms with Crippen molar-refractivity contribution in [2.75, 3.05) is 26.2 Å². The molecule has 1 aliphatic rings. The summed E-state index contributed by atoms with van der Waals surface area (Å²) in [5, 5.41) is 6.61. The van der Waals surface area contributed by atoms with Crippen LogP contribution in [0.5, 0.6) is 0 Å². The molecule has 1 atom stereocenters. The number of aromatic amines is 1. The molecule has 31 heavy (non-hydrogen) atoms. The molecule has 0 spiro atoms. The highest BCUT2D eigenvalue weighted by Gasteiger charge is 2.32. The van der Waals surface area contributed by atoms with E-state index < -0.39 is 0 Å². The number of nitrogens with one attached hydrogen (secondary N) is 1. The Kier molecular flexibility index (Phi) is 6.26. The van der Waals surface area contributed by atoms with E-state index in [9.17, 15) is 9.59 Å². The van der Waals surface area contributed by atoms with E-state index in [4.69, 9.17) is 0 Å². The van der Waals surface area contributed by atoms with Crippen LogP contribution in [0.1, 0.15) is 16.1 Å². The van der Waals surface area contributed by atoms with Gasteiger partial charge in [-0.15, -0.1) is 6.58 Å². The first kappa shape index (κ1) is 20.6. The van der Waals surface area contributed by atoms with Gasteiger partial charge in [-0.05, 0) is 29.2 Å². The minimum Gasteiger partial charge on any atom is -0.337 e. The van der Waals surface area contributed by atoms with Crippen molar-refractivity contribution in [3.8, 4) is 11.1 Å². The number of aromatic nitrogens is 2. The molecule has 0 radical (unpaired) electrons. The van der Waals surface area contributed by atoms with Crippen molar-refractivity contribution in [2.45, 2.75) is 6.42 Å². The topological polar surface area (TPSA) is 69.3 Å². The number of amides is 2. The third kappa shape index (κ3) is 4.74. The third-order valence-corrected chi connectivity index (χ3v) is 5.65. The lowest BCUT2D eigenvalue weighted by atomic mass is 9.95. The van der Waals surface area contributed by atoms with Crippen LogP contribution in [-0.4, -0.2) is 58.0 Å². The lowest BCUT2D eigenvalue weighted by Crippen LogP contribution is -2.38. The van der Waals surface area contributed by atoms with Gasteiger partial charge < -0.3 is 9.80 Å². The SMILES string of the molecule is C=CCN1CCN(C(=O)c2ccn[nH]2)CC(Cc2ccc(-c3ccccc3)cc2)C1=O. The van der Waals surface area contributed by atoms with E-state index in [1.807, 2.05) is 18.2 Å². The Hall–Kier alpha value is -3.67. The number of carbonyl (C=O) groups excluding carboxylic acids is 2. The summed E-state index contributed by atoms with van der Waals surface area (Å²) in [5.41, 5.74) is 3.82. The van der Waals surface area contributed by atoms with Gasteiger partial charge in [0.05, 0.1) is 5.92 Å². The van der Waals surface area contributed by atoms with E-state index in [0.29, 0.717) is 38.3 Å². The second-order valence-electron chi connectivity index (χ2n) is 7.76. The minimum absolute atomic E-state index is 0.0620. The van der Waals surface area contributed by atoms with Gasteiger partial charge in [0.15, 0.2) is 0 Å². The van der Waals surface area contributed by atoms with Crippen LogP contribution in [0.3, 0.4) is 0 Å². The number of carbonyl (C=O) groups is 2. The highest BCUT2D eigenvalue weighted by Crippen LogP contribution is 2.22. The first-order valence-corrected chi connectivity index (χ1v) is 10.5. The molecule has 6 nitrogen and oxygen atoms in total. The van der Waals surface area contributed by atoms with Gasteiger partial charge in [-0.1, -0.05) is 60.7 Å². The van der Waals surface area contributed by atoms with Crippen molar-refractivity contribution >= 4 is 11.8 Å². The van der Waals surface area contributed by atoms with E-state index >= 15 is 0 Å². The number of benzene rings is 2. The quantitative estimate of drug-likeness (QED) is 0.629. The Labute approximate surface area is 182 Å². The van der Waals surface area contributed by atoms with Gasteiger partial charge in [0.1, 0.15) is 5.69 Å². The average molecular weight is 415 g/mol. The largest absolute Gasteiger partial charge is 0.337 e. The van der Waals surface area contributed by atoms with E-state index in [0.717, 1.165) is 16.7 Å². The first-order valence-electron chi connectivity index (χ1n) is 10.5. The molecule has 3 aromatic rings. The highest BCUT2D eigenvalue weighted by atomic mass is 16.2. The molecule has 6 heteroatoms. The molecule has 1 N–H and O–H groups in total. The van der Waals surface area contributed by atoms with E-state index in [1.165, 1.54) is 0 Å². The number of nitrogens with zero attached hydrogens (tertiary/aromatic N) is 3. The van der Waals surface area contributed by atoms with Crippen LogP contribution in [-0.2, 0) is 11.2 Å². The maximum Gasteiger partial charge on any atom is 0.271 e. The summed E-state index contributed by atoms with van der Waals surface area (Å²) in [7, 11) is 0. The van der Waals surface area contributed by atoms with Gasteiger partial charge >= 0.3 is 0 Å². The van der Waals surface area contributed by atoms with Crippen LogP contribution in [0.15, 0.2) is 79.5 Å². The molecular weight excluding hydrogens is 388 g/mol. The van der Waals surface area contributed by atoms with Crippen molar-refractivity contribution in [3.05, 3.63) is 90.8 Å². The van der Waals surface area contributed by atoms with Crippen molar-refractivity contribution in [1.82, 2.24) is 20.0 Å². The third-order valence-electron chi connectivity index (χ3n) is 5.65. The van der Waals surface area contributed by atoms with Gasteiger partial charge in [0.2, 0.25) is 5.91 Å². The Morgan fingerprint density at radius 1 is 1.06 bits per heavy atom. The van der Waals surface area contributed by atoms with Gasteiger partial charge in [-0.25, -0.2) is 0 Å². The van der Waals surface area contributed by atoms with Crippen molar-refractivity contribution in [2.24, 2.45) is 5.92 Å². The van der Waals surface area contributed by atoms with Gasteiger partial charge in [0.25, 0.3) is 5.91 Å². The van der Waals surface area contributed by atoms with Crippen LogP contribution in [0, 0.1) is 5.92 Å². The van der Waals surface area contributed by atoms with Gasteiger partial charge in [-0.3, -0.25) is 14.7 Å². The molecule has 1 aliphatic heterocycles. The van der Waals surface area contributed by atoms with Crippen LogP contribution >= 0.6 is 0 Å². The lowest BCUT2D eigenvalue weighted by molar-refractivity contribution is -0.134. The van der Waals surface area contributed by atoms with Crippen LogP contribution < -0.4 is 0 Å². The summed E-state index contributed by atoms with van der Waals surface area (Å²) in [6.07, 6.45) is 3.87. The Bertz CT molecular complexity index is 1030. The molecule has 4 rings (SSSR count). The summed E-state index contributed by atoms with van der Waals surface area (Å²) in [5.74, 6) is -0.376. The van der Waals surface area contributed by atoms with Crippen LogP contribution in [0.4, 0.5) is 0 Å². The summed E-state index contributed by atoms with van der Waals surface area (Å²) < 4.78 is 0. The number of hydrogen-bond donors (Lipinski definition) is 1. The van der Waals surface area contributed by atoms with Crippen LogP contribution in [0.25, 0.3) is 11.1 Å². The Balaban J connectivity index is 1.53. The fraction of sp³-hybridized carbons (Fsp3) is 0.240. The normalized spacial score (nSPS) is 16.8. The molecule has 0 aliphatic carbocycles. The number of rotatable bonds is 6. The molecule has 2 heterocycles. The second kappa shape index (κ2) is 9.43. The molecule has 1 fully saturated rings. The predicted octanol–water partition coefficient (Wildman–Crippen LogP) is 3.41. The van der Waals surface area contributed by atoms with E-state index in [1.54, 1.807) is 28.1 Å². The average Bonchev–Trinajstić information content (AvgIpc) is 3.30. The molecule has 1 aromatic heterocycles. The fourth-order valence-electron chi connectivity index (χ4n) is 4.01. The maximum absolute atomic E-state index is 13.2. The van der Waals surface area contributed by atoms with E-state index in [2.05, 4.69) is 53.2 Å². The molecule has 158 valence electrons. The molecule has 1 saturated heterocycles.